The first-order chi connectivity index (χ1) is 9.06. The second-order valence-electron chi connectivity index (χ2n) is 4.47. The summed E-state index contributed by atoms with van der Waals surface area (Å²) in [7, 11) is 0. The Morgan fingerprint density at radius 2 is 2.16 bits per heavy atom. The third-order valence-corrected chi connectivity index (χ3v) is 2.89. The summed E-state index contributed by atoms with van der Waals surface area (Å²) < 4.78 is 1.82. The highest BCUT2D eigenvalue weighted by Crippen LogP contribution is 2.07. The summed E-state index contributed by atoms with van der Waals surface area (Å²) in [5.74, 6) is -0.946. The average Bonchev–Trinajstić information content (AvgIpc) is 2.71. The summed E-state index contributed by atoms with van der Waals surface area (Å²) in [5, 5.41) is 15.4. The van der Waals surface area contributed by atoms with E-state index in [1.54, 1.807) is 6.20 Å². The van der Waals surface area contributed by atoms with Gasteiger partial charge in [-0.3, -0.25) is 14.3 Å². The van der Waals surface area contributed by atoms with Crippen molar-refractivity contribution in [2.75, 3.05) is 6.54 Å². The highest BCUT2D eigenvalue weighted by molar-refractivity contribution is 5.94. The summed E-state index contributed by atoms with van der Waals surface area (Å²) >= 11 is 0. The zero-order valence-corrected chi connectivity index (χ0v) is 11.5. The fraction of sp³-hybridized carbons (Fsp3) is 0.615. The van der Waals surface area contributed by atoms with E-state index in [0.717, 1.165) is 18.7 Å². The van der Waals surface area contributed by atoms with Gasteiger partial charge in [-0.2, -0.15) is 5.10 Å². The van der Waals surface area contributed by atoms with Crippen molar-refractivity contribution < 1.29 is 14.7 Å². The first-order valence-corrected chi connectivity index (χ1v) is 6.58. The number of amides is 1. The van der Waals surface area contributed by atoms with Crippen LogP contribution in [0.15, 0.2) is 6.20 Å². The number of aryl methyl sites for hydroxylation is 1. The second-order valence-corrected chi connectivity index (χ2v) is 4.47. The van der Waals surface area contributed by atoms with E-state index in [-0.39, 0.29) is 12.3 Å². The lowest BCUT2D eigenvalue weighted by Gasteiger charge is -2.05. The lowest BCUT2D eigenvalue weighted by atomic mass is 10.2. The van der Waals surface area contributed by atoms with Gasteiger partial charge in [0.05, 0.1) is 11.8 Å². The molecule has 0 aliphatic heterocycles. The van der Waals surface area contributed by atoms with Crippen molar-refractivity contribution in [3.8, 4) is 0 Å². The first-order valence-electron chi connectivity index (χ1n) is 6.58. The largest absolute Gasteiger partial charge is 0.481 e. The van der Waals surface area contributed by atoms with E-state index in [1.165, 1.54) is 0 Å². The van der Waals surface area contributed by atoms with Crippen molar-refractivity contribution in [3.63, 3.8) is 0 Å². The zero-order chi connectivity index (χ0) is 14.3. The van der Waals surface area contributed by atoms with E-state index >= 15 is 0 Å². The van der Waals surface area contributed by atoms with Gasteiger partial charge in [-0.1, -0.05) is 6.92 Å². The molecule has 19 heavy (non-hydrogen) atoms. The van der Waals surface area contributed by atoms with Crippen LogP contribution in [0, 0.1) is 6.92 Å². The molecule has 1 aromatic heterocycles. The molecule has 1 amide bonds. The number of hydrogen-bond acceptors (Lipinski definition) is 3. The maximum Gasteiger partial charge on any atom is 0.303 e. The fourth-order valence-electron chi connectivity index (χ4n) is 1.81. The number of carbonyl (C=O) groups is 2. The average molecular weight is 267 g/mol. The summed E-state index contributed by atoms with van der Waals surface area (Å²) in [4.78, 5) is 22.2. The zero-order valence-electron chi connectivity index (χ0n) is 11.5. The van der Waals surface area contributed by atoms with Crippen LogP contribution in [0.1, 0.15) is 48.7 Å². The number of aromatic nitrogens is 2. The van der Waals surface area contributed by atoms with Gasteiger partial charge in [0.1, 0.15) is 0 Å². The molecule has 0 saturated heterocycles. The van der Waals surface area contributed by atoms with Crippen LogP contribution in [0.3, 0.4) is 0 Å². The Bertz CT molecular complexity index is 440. The number of carboxylic acid groups (broad SMARTS) is 1. The Labute approximate surface area is 112 Å². The van der Waals surface area contributed by atoms with E-state index in [1.807, 2.05) is 11.6 Å². The Hall–Kier alpha value is -1.85. The summed E-state index contributed by atoms with van der Waals surface area (Å²) in [6, 6.07) is 0. The molecule has 0 aromatic carbocycles. The molecule has 6 heteroatoms. The SMILES string of the molecule is CCCn1ncc(C(=O)NCCCCC(=O)O)c1C. The highest BCUT2D eigenvalue weighted by atomic mass is 16.4. The molecule has 0 spiro atoms. The van der Waals surface area contributed by atoms with Crippen LogP contribution in [0.4, 0.5) is 0 Å². The van der Waals surface area contributed by atoms with Gasteiger partial charge in [-0.25, -0.2) is 0 Å². The number of hydrogen-bond donors (Lipinski definition) is 2. The van der Waals surface area contributed by atoms with Crippen molar-refractivity contribution >= 4 is 11.9 Å². The van der Waals surface area contributed by atoms with Crippen LogP contribution < -0.4 is 5.32 Å². The van der Waals surface area contributed by atoms with Gasteiger partial charge in [-0.15, -0.1) is 0 Å². The minimum Gasteiger partial charge on any atom is -0.481 e. The van der Waals surface area contributed by atoms with Crippen LogP contribution in [-0.4, -0.2) is 33.3 Å². The minimum atomic E-state index is -0.803. The maximum absolute atomic E-state index is 11.9. The number of aliphatic carboxylic acids is 1. The van der Waals surface area contributed by atoms with Gasteiger partial charge in [0.2, 0.25) is 0 Å². The number of carbonyl (C=O) groups excluding carboxylic acids is 1. The Kier molecular flexibility index (Phi) is 6.05. The molecule has 2 N–H and O–H groups in total. The van der Waals surface area contributed by atoms with Gasteiger partial charge in [0.25, 0.3) is 5.91 Å². The molecule has 0 saturated carbocycles. The van der Waals surface area contributed by atoms with Crippen LogP contribution in [-0.2, 0) is 11.3 Å². The molecule has 1 aromatic rings. The lowest BCUT2D eigenvalue weighted by molar-refractivity contribution is -0.137. The van der Waals surface area contributed by atoms with E-state index in [9.17, 15) is 9.59 Å². The molecule has 0 atom stereocenters. The molecule has 0 unspecified atom stereocenters. The number of carboxylic acids is 1. The molecule has 6 nitrogen and oxygen atoms in total. The smallest absolute Gasteiger partial charge is 0.303 e. The molecule has 0 aliphatic rings. The van der Waals surface area contributed by atoms with Crippen LogP contribution >= 0.6 is 0 Å². The van der Waals surface area contributed by atoms with Crippen molar-refractivity contribution in [2.45, 2.75) is 46.1 Å². The quantitative estimate of drug-likeness (QED) is 0.700. The fourth-order valence-corrected chi connectivity index (χ4v) is 1.81. The summed E-state index contributed by atoms with van der Waals surface area (Å²) in [6.07, 6.45) is 3.93. The standard InChI is InChI=1S/C13H21N3O3/c1-3-8-16-10(2)11(9-15-16)13(19)14-7-5-4-6-12(17)18/h9H,3-8H2,1-2H3,(H,14,19)(H,17,18). The Morgan fingerprint density at radius 3 is 2.79 bits per heavy atom. The predicted molar refractivity (Wildman–Crippen MR) is 71.1 cm³/mol. The number of rotatable bonds is 8. The van der Waals surface area contributed by atoms with Crippen molar-refractivity contribution in [3.05, 3.63) is 17.5 Å². The normalized spacial score (nSPS) is 10.4. The van der Waals surface area contributed by atoms with E-state index in [2.05, 4.69) is 17.3 Å². The summed E-state index contributed by atoms with van der Waals surface area (Å²) in [5.41, 5.74) is 1.46. The van der Waals surface area contributed by atoms with Gasteiger partial charge >= 0.3 is 5.97 Å². The monoisotopic (exact) mass is 267 g/mol. The molecule has 1 rings (SSSR count). The Morgan fingerprint density at radius 1 is 1.42 bits per heavy atom. The molecule has 0 aliphatic carbocycles. The number of nitrogens with zero attached hydrogens (tertiary/aromatic N) is 2. The second kappa shape index (κ2) is 7.56. The van der Waals surface area contributed by atoms with Crippen LogP contribution in [0.2, 0.25) is 0 Å². The summed E-state index contributed by atoms with van der Waals surface area (Å²) in [6.45, 7) is 5.23. The molecule has 0 bridgehead atoms. The molecular formula is C13H21N3O3. The van der Waals surface area contributed by atoms with Crippen molar-refractivity contribution in [2.24, 2.45) is 0 Å². The third-order valence-electron chi connectivity index (χ3n) is 2.89. The molecule has 0 radical (unpaired) electrons. The highest BCUT2D eigenvalue weighted by Gasteiger charge is 2.13. The lowest BCUT2D eigenvalue weighted by Crippen LogP contribution is -2.25. The predicted octanol–water partition coefficient (Wildman–Crippen LogP) is 1.59. The molecule has 0 fully saturated rings. The first kappa shape index (κ1) is 15.2. The minimum absolute atomic E-state index is 0.142. The van der Waals surface area contributed by atoms with E-state index in [4.69, 9.17) is 5.11 Å². The Balaban J connectivity index is 2.39. The maximum atomic E-state index is 11.9. The number of nitrogens with one attached hydrogen (secondary N) is 1. The molecular weight excluding hydrogens is 246 g/mol. The van der Waals surface area contributed by atoms with Crippen molar-refractivity contribution in [1.82, 2.24) is 15.1 Å². The van der Waals surface area contributed by atoms with Crippen molar-refractivity contribution in [1.29, 1.82) is 0 Å². The van der Waals surface area contributed by atoms with Gasteiger partial charge < -0.3 is 10.4 Å². The number of unbranched alkanes of at least 4 members (excludes halogenated alkanes) is 1. The molecule has 1 heterocycles. The van der Waals surface area contributed by atoms with Crippen LogP contribution in [0.5, 0.6) is 0 Å². The van der Waals surface area contributed by atoms with Gasteiger partial charge in [0, 0.05) is 25.2 Å². The van der Waals surface area contributed by atoms with Gasteiger partial charge in [0.15, 0.2) is 0 Å². The molecule has 106 valence electrons. The topological polar surface area (TPSA) is 84.2 Å². The van der Waals surface area contributed by atoms with Crippen LogP contribution in [0.25, 0.3) is 0 Å². The third kappa shape index (κ3) is 4.73. The van der Waals surface area contributed by atoms with E-state index < -0.39 is 5.97 Å². The van der Waals surface area contributed by atoms with Gasteiger partial charge in [-0.05, 0) is 26.2 Å². The van der Waals surface area contributed by atoms with E-state index in [0.29, 0.717) is 24.9 Å².